The third-order valence-corrected chi connectivity index (χ3v) is 2.17. The van der Waals surface area contributed by atoms with E-state index in [0.29, 0.717) is 19.1 Å². The van der Waals surface area contributed by atoms with Crippen molar-refractivity contribution in [3.05, 3.63) is 0 Å². The molecule has 78 valence electrons. The number of hydrogen-bond acceptors (Lipinski definition) is 3. The van der Waals surface area contributed by atoms with Crippen LogP contribution in [0.4, 0.5) is 4.39 Å². The minimum absolute atomic E-state index is 0.421. The molecule has 0 aromatic carbocycles. The Labute approximate surface area is 78.5 Å². The first-order chi connectivity index (χ1) is 6.22. The average molecular weight is 191 g/mol. The van der Waals surface area contributed by atoms with Gasteiger partial charge in [-0.05, 0) is 5.92 Å². The van der Waals surface area contributed by atoms with Crippen molar-refractivity contribution in [2.24, 2.45) is 5.92 Å². The smallest absolute Gasteiger partial charge is 0.117 e. The van der Waals surface area contributed by atoms with E-state index in [2.05, 4.69) is 11.8 Å². The second-order valence-electron chi connectivity index (χ2n) is 3.75. The van der Waals surface area contributed by atoms with Crippen molar-refractivity contribution in [1.29, 1.82) is 0 Å². The Morgan fingerprint density at radius 2 is 2.46 bits per heavy atom. The summed E-state index contributed by atoms with van der Waals surface area (Å²) in [7, 11) is 0. The van der Waals surface area contributed by atoms with Gasteiger partial charge in [-0.1, -0.05) is 6.92 Å². The molecule has 0 aromatic rings. The van der Waals surface area contributed by atoms with Crippen molar-refractivity contribution < 1.29 is 14.2 Å². The van der Waals surface area contributed by atoms with Crippen molar-refractivity contribution in [3.63, 3.8) is 0 Å². The third-order valence-electron chi connectivity index (χ3n) is 2.17. The van der Waals surface area contributed by atoms with Crippen LogP contribution in [0.5, 0.6) is 0 Å². The monoisotopic (exact) mass is 191 g/mol. The van der Waals surface area contributed by atoms with Gasteiger partial charge in [0.15, 0.2) is 0 Å². The zero-order chi connectivity index (χ0) is 9.68. The number of β-amino-alcohol motifs (C(OH)–C–C–N with tert-alkyl or cyclic N) is 1. The summed E-state index contributed by atoms with van der Waals surface area (Å²) in [5, 5.41) is 9.13. The normalized spacial score (nSPS) is 28.4. The Balaban J connectivity index is 2.30. The maximum Gasteiger partial charge on any atom is 0.117 e. The fourth-order valence-corrected chi connectivity index (χ4v) is 1.58. The van der Waals surface area contributed by atoms with Gasteiger partial charge in [0.25, 0.3) is 0 Å². The van der Waals surface area contributed by atoms with Crippen LogP contribution in [0.15, 0.2) is 0 Å². The van der Waals surface area contributed by atoms with Crippen molar-refractivity contribution >= 4 is 0 Å². The van der Waals surface area contributed by atoms with Gasteiger partial charge < -0.3 is 9.84 Å². The molecule has 0 amide bonds. The number of ether oxygens (including phenoxy) is 1. The van der Waals surface area contributed by atoms with Gasteiger partial charge in [-0.2, -0.15) is 0 Å². The second kappa shape index (κ2) is 5.52. The molecule has 2 atom stereocenters. The average Bonchev–Trinajstić information content (AvgIpc) is 2.30. The molecule has 0 aliphatic carbocycles. The van der Waals surface area contributed by atoms with Gasteiger partial charge in [0.1, 0.15) is 6.67 Å². The molecule has 13 heavy (non-hydrogen) atoms. The van der Waals surface area contributed by atoms with E-state index in [1.54, 1.807) is 0 Å². The highest BCUT2D eigenvalue weighted by atomic mass is 19.1. The van der Waals surface area contributed by atoms with Gasteiger partial charge in [0.05, 0.1) is 19.3 Å². The minimum atomic E-state index is -0.842. The standard InChI is InChI=1S/C9H18FNO2/c1-8-5-11(2-3-13-7-8)6-9(12)4-10/h8-9,12H,2-7H2,1H3. The zero-order valence-corrected chi connectivity index (χ0v) is 8.08. The Bertz CT molecular complexity index is 146. The largest absolute Gasteiger partial charge is 0.389 e. The summed E-state index contributed by atoms with van der Waals surface area (Å²) in [6.45, 7) is 4.99. The Hall–Kier alpha value is -0.190. The van der Waals surface area contributed by atoms with E-state index >= 15 is 0 Å². The third kappa shape index (κ3) is 4.02. The summed E-state index contributed by atoms with van der Waals surface area (Å²) >= 11 is 0. The summed E-state index contributed by atoms with van der Waals surface area (Å²) in [5.74, 6) is 0.467. The highest BCUT2D eigenvalue weighted by molar-refractivity contribution is 4.69. The van der Waals surface area contributed by atoms with E-state index in [9.17, 15) is 4.39 Å². The number of rotatable bonds is 3. The fourth-order valence-electron chi connectivity index (χ4n) is 1.58. The SMILES string of the molecule is CC1COCCN(CC(O)CF)C1. The number of halogens is 1. The molecule has 0 spiro atoms. The Morgan fingerprint density at radius 1 is 1.69 bits per heavy atom. The summed E-state index contributed by atoms with van der Waals surface area (Å²) < 4.78 is 17.4. The lowest BCUT2D eigenvalue weighted by Crippen LogP contribution is -2.36. The number of hydrogen-bond donors (Lipinski definition) is 1. The first-order valence-electron chi connectivity index (χ1n) is 4.76. The predicted molar refractivity (Wildman–Crippen MR) is 48.4 cm³/mol. The molecule has 1 aliphatic rings. The molecular formula is C9H18FNO2. The van der Waals surface area contributed by atoms with Gasteiger partial charge >= 0.3 is 0 Å². The molecule has 1 N–H and O–H groups in total. The highest BCUT2D eigenvalue weighted by Crippen LogP contribution is 2.06. The van der Waals surface area contributed by atoms with E-state index in [1.807, 2.05) is 0 Å². The van der Waals surface area contributed by atoms with Crippen LogP contribution < -0.4 is 0 Å². The topological polar surface area (TPSA) is 32.7 Å². The zero-order valence-electron chi connectivity index (χ0n) is 8.08. The van der Waals surface area contributed by atoms with Crippen molar-refractivity contribution in [3.8, 4) is 0 Å². The molecule has 1 rings (SSSR count). The molecule has 0 aromatic heterocycles. The second-order valence-corrected chi connectivity index (χ2v) is 3.75. The van der Waals surface area contributed by atoms with Crippen molar-refractivity contribution in [1.82, 2.24) is 4.90 Å². The lowest BCUT2D eigenvalue weighted by Gasteiger charge is -2.22. The van der Waals surface area contributed by atoms with E-state index in [4.69, 9.17) is 9.84 Å². The first-order valence-corrected chi connectivity index (χ1v) is 4.76. The molecule has 1 saturated heterocycles. The van der Waals surface area contributed by atoms with Gasteiger partial charge in [0, 0.05) is 19.6 Å². The Morgan fingerprint density at radius 3 is 3.15 bits per heavy atom. The molecule has 1 fully saturated rings. The van der Waals surface area contributed by atoms with Crippen LogP contribution in [0.3, 0.4) is 0 Å². The molecule has 0 bridgehead atoms. The summed E-state index contributed by atoms with van der Waals surface area (Å²) in [4.78, 5) is 2.06. The summed E-state index contributed by atoms with van der Waals surface area (Å²) in [6.07, 6.45) is -0.842. The van der Waals surface area contributed by atoms with E-state index < -0.39 is 12.8 Å². The lowest BCUT2D eigenvalue weighted by molar-refractivity contribution is 0.0846. The van der Waals surface area contributed by atoms with Gasteiger partial charge in [-0.15, -0.1) is 0 Å². The Kier molecular flexibility index (Phi) is 4.62. The van der Waals surface area contributed by atoms with E-state index in [0.717, 1.165) is 19.7 Å². The molecule has 4 heteroatoms. The number of aliphatic hydroxyl groups excluding tert-OH is 1. The van der Waals surface area contributed by atoms with Crippen LogP contribution in [-0.2, 0) is 4.74 Å². The highest BCUT2D eigenvalue weighted by Gasteiger charge is 2.17. The molecule has 0 radical (unpaired) electrons. The van der Waals surface area contributed by atoms with E-state index in [-0.39, 0.29) is 0 Å². The molecule has 0 saturated carbocycles. The van der Waals surface area contributed by atoms with Crippen LogP contribution >= 0.6 is 0 Å². The van der Waals surface area contributed by atoms with Crippen LogP contribution in [0.2, 0.25) is 0 Å². The van der Waals surface area contributed by atoms with Crippen molar-refractivity contribution in [2.45, 2.75) is 13.0 Å². The molecule has 1 heterocycles. The van der Waals surface area contributed by atoms with Gasteiger partial charge in [-0.25, -0.2) is 4.39 Å². The van der Waals surface area contributed by atoms with Crippen LogP contribution in [0, 0.1) is 5.92 Å². The fraction of sp³-hybridized carbons (Fsp3) is 1.00. The number of nitrogens with zero attached hydrogens (tertiary/aromatic N) is 1. The summed E-state index contributed by atoms with van der Waals surface area (Å²) in [6, 6.07) is 0. The van der Waals surface area contributed by atoms with E-state index in [1.165, 1.54) is 0 Å². The minimum Gasteiger partial charge on any atom is -0.389 e. The predicted octanol–water partition coefficient (Wildman–Crippen LogP) is 0.285. The van der Waals surface area contributed by atoms with Crippen LogP contribution in [-0.4, -0.2) is 55.6 Å². The lowest BCUT2D eigenvalue weighted by atomic mass is 10.2. The van der Waals surface area contributed by atoms with Crippen LogP contribution in [0.25, 0.3) is 0 Å². The number of alkyl halides is 1. The summed E-state index contributed by atoms with van der Waals surface area (Å²) in [5.41, 5.74) is 0. The van der Waals surface area contributed by atoms with Crippen LogP contribution in [0.1, 0.15) is 6.92 Å². The molecule has 1 aliphatic heterocycles. The quantitative estimate of drug-likeness (QED) is 0.695. The van der Waals surface area contributed by atoms with Gasteiger partial charge in [-0.3, -0.25) is 4.90 Å². The molecular weight excluding hydrogens is 173 g/mol. The number of aliphatic hydroxyl groups is 1. The molecule has 2 unspecified atom stereocenters. The van der Waals surface area contributed by atoms with Crippen molar-refractivity contribution in [2.75, 3.05) is 39.5 Å². The maximum absolute atomic E-state index is 12.0. The first kappa shape index (κ1) is 10.9. The maximum atomic E-state index is 12.0. The molecule has 3 nitrogen and oxygen atoms in total. The van der Waals surface area contributed by atoms with Gasteiger partial charge in [0.2, 0.25) is 0 Å².